The van der Waals surface area contributed by atoms with Gasteiger partial charge in [0, 0.05) is 0 Å². The summed E-state index contributed by atoms with van der Waals surface area (Å²) >= 11 is 12.1. The Bertz CT molecular complexity index is 338. The molecule has 24 heavy (non-hydrogen) atoms. The molecule has 0 aromatic heterocycles. The first-order valence-electron chi connectivity index (χ1n) is 6.15. The van der Waals surface area contributed by atoms with Crippen LogP contribution in [0, 0.1) is 11.8 Å². The number of carbonyl (C=O) groups is 2. The van der Waals surface area contributed by atoms with Crippen molar-refractivity contribution in [1.29, 1.82) is 0 Å². The molecular formula is C11H22I5O4P2V2. The number of hydrogen-bond donors (Lipinski definition) is 2. The number of aliphatic carboxylic acids is 2. The number of carboxylic acids is 2. The molecule has 0 spiro atoms. The van der Waals surface area contributed by atoms with E-state index in [0.717, 1.165) is 6.42 Å². The molecule has 0 rings (SSSR count). The van der Waals surface area contributed by atoms with Gasteiger partial charge in [0.15, 0.2) is 0 Å². The molecule has 13 heteroatoms. The molecule has 0 bridgehead atoms. The van der Waals surface area contributed by atoms with Gasteiger partial charge in [-0.25, -0.2) is 0 Å². The number of halogens is 5. The molecule has 0 aromatic carbocycles. The van der Waals surface area contributed by atoms with Gasteiger partial charge in [-0.2, -0.15) is 0 Å². The van der Waals surface area contributed by atoms with Gasteiger partial charge in [-0.3, -0.25) is 9.59 Å². The monoisotopic (exact) mass is 1020 g/mol. The van der Waals surface area contributed by atoms with E-state index in [9.17, 15) is 9.59 Å². The molecule has 0 aliphatic heterocycles. The minimum absolute atomic E-state index is 0.211. The molecule has 5 atom stereocenters. The summed E-state index contributed by atoms with van der Waals surface area (Å²) in [7, 11) is 5.43. The Labute approximate surface area is 216 Å². The van der Waals surface area contributed by atoms with Crippen LogP contribution in [-0.2, 0) is 24.0 Å². The van der Waals surface area contributed by atoms with Crippen molar-refractivity contribution in [3.05, 3.63) is 11.9 Å². The fraction of sp³-hybridized carbons (Fsp3) is 0.636. The van der Waals surface area contributed by atoms with Gasteiger partial charge in [-0.1, -0.05) is 20.4 Å². The molecule has 0 saturated heterocycles. The molecule has 0 radical (unpaired) electrons. The zero-order valence-electron chi connectivity index (χ0n) is 13.3. The van der Waals surface area contributed by atoms with Crippen molar-refractivity contribution in [3.8, 4) is 0 Å². The average Bonchev–Trinajstić information content (AvgIpc) is 2.45. The Morgan fingerprint density at radius 3 is 1.50 bits per heavy atom. The van der Waals surface area contributed by atoms with Crippen LogP contribution in [0.1, 0.15) is 27.2 Å². The van der Waals surface area contributed by atoms with E-state index >= 15 is 0 Å². The van der Waals surface area contributed by atoms with Gasteiger partial charge in [-0.15, -0.1) is 18.5 Å². The first-order valence-corrected chi connectivity index (χ1v) is 29.9. The van der Waals surface area contributed by atoms with E-state index in [4.69, 9.17) is 10.2 Å². The van der Waals surface area contributed by atoms with E-state index in [-0.39, 0.29) is 16.5 Å². The summed E-state index contributed by atoms with van der Waals surface area (Å²) in [5.41, 5.74) is 0.211. The molecule has 5 unspecified atom stereocenters. The minimum atomic E-state index is -0.829. The van der Waals surface area contributed by atoms with Crippen LogP contribution < -0.4 is 0 Å². The molecule has 0 aliphatic carbocycles. The summed E-state index contributed by atoms with van der Waals surface area (Å²) < 4.78 is 0. The Kier molecular flexibility index (Phi) is 37.9. The van der Waals surface area contributed by atoms with Crippen LogP contribution in [0.5, 0.6) is 0 Å². The van der Waals surface area contributed by atoms with E-state index in [2.05, 4.69) is 125 Å². The van der Waals surface area contributed by atoms with Crippen molar-refractivity contribution in [1.82, 2.24) is 0 Å². The molecule has 4 nitrogen and oxygen atoms in total. The molecule has 0 fully saturated rings. The van der Waals surface area contributed by atoms with Crippen LogP contribution in [0.15, 0.2) is 11.9 Å². The van der Waals surface area contributed by atoms with Gasteiger partial charge < -0.3 is 10.2 Å². The van der Waals surface area contributed by atoms with Gasteiger partial charge in [0.05, 0.1) is 11.8 Å². The summed E-state index contributed by atoms with van der Waals surface area (Å²) in [5, 5.41) is 17.4. The van der Waals surface area contributed by atoms with Crippen LogP contribution in [-0.4, -0.2) is 27.8 Å². The fourth-order valence-electron chi connectivity index (χ4n) is 0.695. The van der Waals surface area contributed by atoms with E-state index in [0.29, 0.717) is 14.8 Å². The standard InChI is InChI=1S/C6H13O2P.C5H9O2P.5HI.2V/c1-3-5(9)4(2)6(7)8;1-3(4(2)8)5(6)7;;;;;;;/h4-5H,3,9H2,1-2H3,(H,7,8);3H,2,8H2,1H3,(H,6,7);5*1H;;/q;;;;;;;+2;+3/p-5. The molecule has 0 aromatic rings. The molecular weight excluding hydrogens is 994 g/mol. The molecule has 145 valence electrons. The first kappa shape index (κ1) is 35.8. The topological polar surface area (TPSA) is 74.6 Å². The van der Waals surface area contributed by atoms with Crippen molar-refractivity contribution in [2.45, 2.75) is 32.9 Å². The van der Waals surface area contributed by atoms with Crippen LogP contribution in [0.2, 0.25) is 0 Å². The van der Waals surface area contributed by atoms with Crippen LogP contribution in [0.25, 0.3) is 0 Å². The van der Waals surface area contributed by atoms with Crippen molar-refractivity contribution >= 4 is 130 Å². The van der Waals surface area contributed by atoms with Crippen LogP contribution in [0.4, 0.5) is 0 Å². The summed E-state index contributed by atoms with van der Waals surface area (Å²) in [5.74, 6) is -2.22. The summed E-state index contributed by atoms with van der Waals surface area (Å²) in [6, 6.07) is 0. The number of carboxylic acid groups (broad SMARTS) is 2. The van der Waals surface area contributed by atoms with Crippen molar-refractivity contribution < 1.29 is 34.2 Å². The predicted molar refractivity (Wildman–Crippen MR) is 146 cm³/mol. The maximum absolute atomic E-state index is 10.3. The van der Waals surface area contributed by atoms with E-state index in [1.54, 1.807) is 13.8 Å². The fourth-order valence-corrected chi connectivity index (χ4v) is 1.00. The molecule has 0 saturated carbocycles. The second-order valence-corrected chi connectivity index (χ2v) is 52.8. The Balaban J connectivity index is -0.000000122. The third kappa shape index (κ3) is 33.9. The molecule has 2 N–H and O–H groups in total. The summed E-state index contributed by atoms with van der Waals surface area (Å²) in [6.07, 6.45) is 0.901. The van der Waals surface area contributed by atoms with Gasteiger partial charge >= 0.3 is 126 Å². The van der Waals surface area contributed by atoms with Crippen molar-refractivity contribution in [2.24, 2.45) is 11.8 Å². The normalized spacial score (nSPS) is 12.6. The number of hydrogen-bond acceptors (Lipinski definition) is 2. The Morgan fingerprint density at radius 2 is 1.46 bits per heavy atom. The maximum atomic E-state index is 10.3. The number of rotatable bonds is 5. The SMILES string of the molecule is C=C(P)C(C)C(=O)O.CCC(P)C(C)C(=O)O.[I][V]([I])[I].[I][V][I]. The van der Waals surface area contributed by atoms with Crippen LogP contribution in [0.3, 0.4) is 0 Å². The average molecular weight is 1020 g/mol. The molecule has 0 amide bonds. The van der Waals surface area contributed by atoms with Gasteiger partial charge in [0.25, 0.3) is 0 Å². The quantitative estimate of drug-likeness (QED) is 0.233. The van der Waals surface area contributed by atoms with Gasteiger partial charge in [0.1, 0.15) is 0 Å². The van der Waals surface area contributed by atoms with Crippen molar-refractivity contribution in [2.75, 3.05) is 0 Å². The Hall–Kier alpha value is 4.36. The molecule has 0 heterocycles. The zero-order chi connectivity index (χ0) is 20.5. The van der Waals surface area contributed by atoms with Gasteiger partial charge in [-0.05, 0) is 24.3 Å². The van der Waals surface area contributed by atoms with Crippen LogP contribution >= 0.6 is 118 Å². The van der Waals surface area contributed by atoms with Gasteiger partial charge in [0.2, 0.25) is 0 Å². The Morgan fingerprint density at radius 1 is 1.17 bits per heavy atom. The van der Waals surface area contributed by atoms with Crippen molar-refractivity contribution in [3.63, 3.8) is 0 Å². The summed E-state index contributed by atoms with van der Waals surface area (Å²) in [6.45, 7) is 8.76. The second-order valence-electron chi connectivity index (χ2n) is 4.09. The first-order chi connectivity index (χ1) is 10.8. The van der Waals surface area contributed by atoms with E-state index < -0.39 is 17.9 Å². The molecule has 0 aliphatic rings. The second kappa shape index (κ2) is 25.4. The van der Waals surface area contributed by atoms with E-state index in [1.165, 1.54) is 0 Å². The van der Waals surface area contributed by atoms with E-state index in [1.807, 2.05) is 6.92 Å². The predicted octanol–water partition coefficient (Wildman–Crippen LogP) is 6.88. The third-order valence-corrected chi connectivity index (χ3v) is 3.98. The summed E-state index contributed by atoms with van der Waals surface area (Å²) in [4.78, 5) is 20.1. The third-order valence-electron chi connectivity index (χ3n) is 2.43. The zero-order valence-corrected chi connectivity index (χ0v) is 29.2.